The van der Waals surface area contributed by atoms with Crippen molar-refractivity contribution in [3.05, 3.63) is 34.6 Å². The zero-order chi connectivity index (χ0) is 12.7. The van der Waals surface area contributed by atoms with Crippen LogP contribution in [0.5, 0.6) is 0 Å². The van der Waals surface area contributed by atoms with Gasteiger partial charge in [0.25, 0.3) is 0 Å². The van der Waals surface area contributed by atoms with E-state index in [0.29, 0.717) is 16.7 Å². The van der Waals surface area contributed by atoms with Crippen LogP contribution in [-0.4, -0.2) is 23.4 Å². The molecule has 4 unspecified atom stereocenters. The number of halogens is 2. The van der Waals surface area contributed by atoms with E-state index < -0.39 is 6.10 Å². The molecule has 0 aliphatic carbocycles. The maximum Gasteiger partial charge on any atom is 0.127 e. The fourth-order valence-corrected chi connectivity index (χ4v) is 3.41. The quantitative estimate of drug-likeness (QED) is 0.915. The van der Waals surface area contributed by atoms with E-state index in [1.165, 1.54) is 6.07 Å². The molecule has 2 aliphatic rings. The summed E-state index contributed by atoms with van der Waals surface area (Å²) in [5, 5.41) is 10.7. The van der Waals surface area contributed by atoms with Crippen LogP contribution in [0, 0.1) is 11.7 Å². The van der Waals surface area contributed by atoms with Crippen molar-refractivity contribution < 1.29 is 14.2 Å². The summed E-state index contributed by atoms with van der Waals surface area (Å²) in [7, 11) is 0. The van der Waals surface area contributed by atoms with E-state index in [1.54, 1.807) is 12.1 Å². The Kier molecular flexibility index (Phi) is 3.31. The Morgan fingerprint density at radius 2 is 2.28 bits per heavy atom. The molecule has 98 valence electrons. The van der Waals surface area contributed by atoms with Gasteiger partial charge in [0.15, 0.2) is 0 Å². The number of aliphatic hydroxyl groups excluding tert-OH is 1. The molecule has 0 saturated carbocycles. The summed E-state index contributed by atoms with van der Waals surface area (Å²) < 4.78 is 19.4. The minimum Gasteiger partial charge on any atom is -0.392 e. The lowest BCUT2D eigenvalue weighted by molar-refractivity contribution is 0.0428. The zero-order valence-corrected chi connectivity index (χ0v) is 10.7. The highest BCUT2D eigenvalue weighted by molar-refractivity contribution is 6.31. The van der Waals surface area contributed by atoms with Crippen molar-refractivity contribution in [2.75, 3.05) is 0 Å². The molecule has 0 amide bonds. The van der Waals surface area contributed by atoms with Crippen LogP contribution in [0.15, 0.2) is 18.2 Å². The number of rotatable bonds is 3. The van der Waals surface area contributed by atoms with Gasteiger partial charge in [-0.25, -0.2) is 4.39 Å². The lowest BCUT2D eigenvalue weighted by Gasteiger charge is -2.24. The monoisotopic (exact) mass is 270 g/mol. The zero-order valence-electron chi connectivity index (χ0n) is 9.98. The molecule has 0 aromatic heterocycles. The predicted octanol–water partition coefficient (Wildman–Crippen LogP) is 2.95. The van der Waals surface area contributed by atoms with Crippen LogP contribution >= 0.6 is 11.6 Å². The van der Waals surface area contributed by atoms with E-state index >= 15 is 0 Å². The van der Waals surface area contributed by atoms with Crippen molar-refractivity contribution >= 4 is 11.6 Å². The molecule has 0 radical (unpaired) electrons. The van der Waals surface area contributed by atoms with E-state index in [9.17, 15) is 9.50 Å². The molecule has 2 fully saturated rings. The summed E-state index contributed by atoms with van der Waals surface area (Å²) in [5.74, 6) is -0.218. The fourth-order valence-electron chi connectivity index (χ4n) is 3.17. The molecule has 2 heterocycles. The molecule has 4 heteroatoms. The van der Waals surface area contributed by atoms with Crippen molar-refractivity contribution in [2.24, 2.45) is 5.92 Å². The Balaban J connectivity index is 1.73. The Bertz CT molecular complexity index is 431. The van der Waals surface area contributed by atoms with Crippen LogP contribution in [0.3, 0.4) is 0 Å². The summed E-state index contributed by atoms with van der Waals surface area (Å²) >= 11 is 5.98. The molecule has 1 aromatic rings. The summed E-state index contributed by atoms with van der Waals surface area (Å²) in [6.45, 7) is 0. The van der Waals surface area contributed by atoms with E-state index in [4.69, 9.17) is 16.3 Å². The van der Waals surface area contributed by atoms with Crippen molar-refractivity contribution in [1.82, 2.24) is 0 Å². The standard InChI is InChI=1S/C14H16ClFO2/c15-11-2-1-3-12(16)9(11)7-13(17)10-6-8-4-5-14(10)18-8/h1-3,8,10,13-14,17H,4-7H2. The SMILES string of the molecule is OC(Cc1c(F)cccc1Cl)C1CC2CCC1O2. The largest absolute Gasteiger partial charge is 0.392 e. The van der Waals surface area contributed by atoms with E-state index in [0.717, 1.165) is 19.3 Å². The fraction of sp³-hybridized carbons (Fsp3) is 0.571. The van der Waals surface area contributed by atoms with Crippen LogP contribution in [0.2, 0.25) is 5.02 Å². The minimum atomic E-state index is -0.574. The third-order valence-corrected chi connectivity index (χ3v) is 4.48. The van der Waals surface area contributed by atoms with Gasteiger partial charge < -0.3 is 9.84 Å². The first-order valence-electron chi connectivity index (χ1n) is 6.41. The van der Waals surface area contributed by atoms with Gasteiger partial charge in [0.05, 0.1) is 18.3 Å². The number of ether oxygens (including phenoxy) is 1. The van der Waals surface area contributed by atoms with Gasteiger partial charge in [0.1, 0.15) is 5.82 Å². The van der Waals surface area contributed by atoms with Crippen molar-refractivity contribution in [2.45, 2.75) is 44.0 Å². The molecule has 2 saturated heterocycles. The highest BCUT2D eigenvalue weighted by Crippen LogP contribution is 2.41. The Morgan fingerprint density at radius 1 is 1.44 bits per heavy atom. The second-order valence-electron chi connectivity index (χ2n) is 5.25. The smallest absolute Gasteiger partial charge is 0.127 e. The maximum absolute atomic E-state index is 13.7. The van der Waals surface area contributed by atoms with Crippen LogP contribution in [0.4, 0.5) is 4.39 Å². The lowest BCUT2D eigenvalue weighted by atomic mass is 9.83. The topological polar surface area (TPSA) is 29.5 Å². The van der Waals surface area contributed by atoms with Crippen LogP contribution in [0.1, 0.15) is 24.8 Å². The molecule has 2 nitrogen and oxygen atoms in total. The number of hydrogen-bond acceptors (Lipinski definition) is 2. The van der Waals surface area contributed by atoms with Crippen molar-refractivity contribution in [3.63, 3.8) is 0 Å². The Labute approximate surface area is 111 Å². The second-order valence-corrected chi connectivity index (χ2v) is 5.65. The number of aliphatic hydroxyl groups is 1. The average molecular weight is 271 g/mol. The molecule has 0 spiro atoms. The number of hydrogen-bond donors (Lipinski definition) is 1. The molecule has 4 atom stereocenters. The molecular weight excluding hydrogens is 255 g/mol. The van der Waals surface area contributed by atoms with Crippen LogP contribution in [-0.2, 0) is 11.2 Å². The maximum atomic E-state index is 13.7. The third kappa shape index (κ3) is 2.15. The highest BCUT2D eigenvalue weighted by atomic mass is 35.5. The summed E-state index contributed by atoms with van der Waals surface area (Å²) in [6, 6.07) is 4.61. The first-order valence-corrected chi connectivity index (χ1v) is 6.79. The number of fused-ring (bicyclic) bond motifs is 2. The normalized spacial score (nSPS) is 31.8. The summed E-state index contributed by atoms with van der Waals surface area (Å²) in [4.78, 5) is 0. The van der Waals surface area contributed by atoms with E-state index in [-0.39, 0.29) is 24.3 Å². The van der Waals surface area contributed by atoms with Crippen LogP contribution < -0.4 is 0 Å². The summed E-state index contributed by atoms with van der Waals surface area (Å²) in [6.07, 6.45) is 3.13. The molecule has 2 bridgehead atoms. The molecule has 3 rings (SSSR count). The van der Waals surface area contributed by atoms with Gasteiger partial charge in [0, 0.05) is 22.9 Å². The molecule has 2 aliphatic heterocycles. The molecule has 18 heavy (non-hydrogen) atoms. The highest BCUT2D eigenvalue weighted by Gasteiger charge is 2.44. The van der Waals surface area contributed by atoms with Crippen molar-refractivity contribution in [1.29, 1.82) is 0 Å². The van der Waals surface area contributed by atoms with Crippen LogP contribution in [0.25, 0.3) is 0 Å². The molecule has 1 N–H and O–H groups in total. The first-order chi connectivity index (χ1) is 8.65. The van der Waals surface area contributed by atoms with E-state index in [2.05, 4.69) is 0 Å². The Hall–Kier alpha value is -0.640. The molecule has 1 aromatic carbocycles. The van der Waals surface area contributed by atoms with Gasteiger partial charge in [-0.15, -0.1) is 0 Å². The van der Waals surface area contributed by atoms with Gasteiger partial charge >= 0.3 is 0 Å². The molecular formula is C14H16ClFO2. The van der Waals surface area contributed by atoms with Gasteiger partial charge in [-0.2, -0.15) is 0 Å². The van der Waals surface area contributed by atoms with Gasteiger partial charge in [-0.1, -0.05) is 17.7 Å². The summed E-state index contributed by atoms with van der Waals surface area (Å²) in [5.41, 5.74) is 0.412. The van der Waals surface area contributed by atoms with Crippen molar-refractivity contribution in [3.8, 4) is 0 Å². The second kappa shape index (κ2) is 4.80. The Morgan fingerprint density at radius 3 is 2.89 bits per heavy atom. The average Bonchev–Trinajstić information content (AvgIpc) is 2.96. The first kappa shape index (κ1) is 12.4. The van der Waals surface area contributed by atoms with Gasteiger partial charge in [0.2, 0.25) is 0 Å². The third-order valence-electron chi connectivity index (χ3n) is 4.12. The van der Waals surface area contributed by atoms with Gasteiger partial charge in [-0.05, 0) is 31.4 Å². The lowest BCUT2D eigenvalue weighted by Crippen LogP contribution is -2.31. The van der Waals surface area contributed by atoms with E-state index in [1.807, 2.05) is 0 Å². The van der Waals surface area contributed by atoms with Gasteiger partial charge in [-0.3, -0.25) is 0 Å². The predicted molar refractivity (Wildman–Crippen MR) is 67.1 cm³/mol. The number of benzene rings is 1. The minimum absolute atomic E-state index is 0.124.